The van der Waals surface area contributed by atoms with Crippen molar-refractivity contribution in [2.75, 3.05) is 0 Å². The SMILES string of the molecule is NC1(C(=O)NC2CCCCCCC2)CC1. The molecular weight excluding hydrogens is 188 g/mol. The maximum absolute atomic E-state index is 11.8. The van der Waals surface area contributed by atoms with Crippen LogP contribution in [0.4, 0.5) is 0 Å². The molecule has 0 aromatic rings. The first-order chi connectivity index (χ1) is 7.21. The van der Waals surface area contributed by atoms with Gasteiger partial charge < -0.3 is 11.1 Å². The van der Waals surface area contributed by atoms with Crippen molar-refractivity contribution in [2.24, 2.45) is 5.73 Å². The fraction of sp³-hybridized carbons (Fsp3) is 0.917. The molecule has 15 heavy (non-hydrogen) atoms. The molecule has 0 spiro atoms. The van der Waals surface area contributed by atoms with Crippen molar-refractivity contribution in [3.63, 3.8) is 0 Å². The molecule has 0 atom stereocenters. The summed E-state index contributed by atoms with van der Waals surface area (Å²) in [4.78, 5) is 11.8. The lowest BCUT2D eigenvalue weighted by Gasteiger charge is -2.22. The van der Waals surface area contributed by atoms with E-state index < -0.39 is 5.54 Å². The standard InChI is InChI=1S/C12H22N2O/c13-12(8-9-12)11(15)14-10-6-4-2-1-3-5-7-10/h10H,1-9,13H2,(H,14,15). The lowest BCUT2D eigenvalue weighted by molar-refractivity contribution is -0.124. The molecule has 1 amide bonds. The Kier molecular flexibility index (Phi) is 3.29. The molecule has 2 saturated carbocycles. The third-order valence-electron chi connectivity index (χ3n) is 3.68. The van der Waals surface area contributed by atoms with Crippen LogP contribution in [0.1, 0.15) is 57.8 Å². The molecule has 0 unspecified atom stereocenters. The average Bonchev–Trinajstić information content (AvgIpc) is 2.89. The van der Waals surface area contributed by atoms with Gasteiger partial charge in [-0.1, -0.05) is 32.1 Å². The van der Waals surface area contributed by atoms with Crippen LogP contribution in [0.15, 0.2) is 0 Å². The number of nitrogens with two attached hydrogens (primary N) is 1. The van der Waals surface area contributed by atoms with Gasteiger partial charge in [0.2, 0.25) is 5.91 Å². The molecule has 0 radical (unpaired) electrons. The number of hydrogen-bond donors (Lipinski definition) is 2. The molecule has 0 saturated heterocycles. The quantitative estimate of drug-likeness (QED) is 0.729. The molecule has 86 valence electrons. The van der Waals surface area contributed by atoms with E-state index in [1.807, 2.05) is 0 Å². The molecule has 0 aromatic carbocycles. The van der Waals surface area contributed by atoms with Gasteiger partial charge in [-0.15, -0.1) is 0 Å². The topological polar surface area (TPSA) is 55.1 Å². The zero-order valence-electron chi connectivity index (χ0n) is 9.43. The molecule has 0 heterocycles. The highest BCUT2D eigenvalue weighted by molar-refractivity contribution is 5.89. The smallest absolute Gasteiger partial charge is 0.240 e. The highest BCUT2D eigenvalue weighted by Crippen LogP contribution is 2.32. The van der Waals surface area contributed by atoms with Crippen molar-refractivity contribution in [1.29, 1.82) is 0 Å². The molecule has 2 rings (SSSR count). The first-order valence-corrected chi connectivity index (χ1v) is 6.31. The second-order valence-electron chi connectivity index (χ2n) is 5.17. The van der Waals surface area contributed by atoms with Crippen LogP contribution in [0, 0.1) is 0 Å². The van der Waals surface area contributed by atoms with E-state index >= 15 is 0 Å². The van der Waals surface area contributed by atoms with Crippen molar-refractivity contribution >= 4 is 5.91 Å². The Bertz CT molecular complexity index is 228. The molecule has 0 bridgehead atoms. The largest absolute Gasteiger partial charge is 0.352 e. The third-order valence-corrected chi connectivity index (χ3v) is 3.68. The zero-order valence-corrected chi connectivity index (χ0v) is 9.43. The summed E-state index contributed by atoms with van der Waals surface area (Å²) in [6.45, 7) is 0. The predicted octanol–water partition coefficient (Wildman–Crippen LogP) is 1.71. The second kappa shape index (κ2) is 4.52. The molecule has 2 aliphatic rings. The first-order valence-electron chi connectivity index (χ1n) is 6.31. The molecule has 3 nitrogen and oxygen atoms in total. The van der Waals surface area contributed by atoms with Crippen LogP contribution >= 0.6 is 0 Å². The van der Waals surface area contributed by atoms with E-state index in [0.29, 0.717) is 6.04 Å². The third kappa shape index (κ3) is 2.94. The Balaban J connectivity index is 1.78. The molecule has 0 aromatic heterocycles. The van der Waals surface area contributed by atoms with Gasteiger partial charge in [-0.3, -0.25) is 4.79 Å². The monoisotopic (exact) mass is 210 g/mol. The summed E-state index contributed by atoms with van der Waals surface area (Å²) >= 11 is 0. The number of carbonyl (C=O) groups excluding carboxylic acids is 1. The van der Waals surface area contributed by atoms with Crippen molar-refractivity contribution in [2.45, 2.75) is 69.4 Å². The van der Waals surface area contributed by atoms with Gasteiger partial charge in [0, 0.05) is 6.04 Å². The van der Waals surface area contributed by atoms with E-state index in [4.69, 9.17) is 5.73 Å². The van der Waals surface area contributed by atoms with Gasteiger partial charge >= 0.3 is 0 Å². The summed E-state index contributed by atoms with van der Waals surface area (Å²) in [6, 6.07) is 0.388. The molecule has 3 heteroatoms. The van der Waals surface area contributed by atoms with E-state index in [1.165, 1.54) is 32.1 Å². The number of carbonyl (C=O) groups is 1. The van der Waals surface area contributed by atoms with Crippen LogP contribution < -0.4 is 11.1 Å². The van der Waals surface area contributed by atoms with E-state index in [1.54, 1.807) is 0 Å². The van der Waals surface area contributed by atoms with Crippen molar-refractivity contribution in [3.05, 3.63) is 0 Å². The summed E-state index contributed by atoms with van der Waals surface area (Å²) in [7, 11) is 0. The minimum absolute atomic E-state index is 0.0908. The summed E-state index contributed by atoms with van der Waals surface area (Å²) in [5.41, 5.74) is 5.37. The van der Waals surface area contributed by atoms with Crippen molar-refractivity contribution in [1.82, 2.24) is 5.32 Å². The zero-order chi connectivity index (χ0) is 10.7. The minimum Gasteiger partial charge on any atom is -0.352 e. The lowest BCUT2D eigenvalue weighted by Crippen LogP contribution is -2.47. The Morgan fingerprint density at radius 3 is 2.13 bits per heavy atom. The molecule has 2 aliphatic carbocycles. The normalized spacial score (nSPS) is 26.5. The average molecular weight is 210 g/mol. The van der Waals surface area contributed by atoms with Crippen molar-refractivity contribution in [3.8, 4) is 0 Å². The molecule has 3 N–H and O–H groups in total. The van der Waals surface area contributed by atoms with Crippen molar-refractivity contribution < 1.29 is 4.79 Å². The maximum Gasteiger partial charge on any atom is 0.240 e. The van der Waals surface area contributed by atoms with Gasteiger partial charge in [0.15, 0.2) is 0 Å². The number of nitrogens with one attached hydrogen (secondary N) is 1. The van der Waals surface area contributed by atoms with Crippen LogP contribution in [0.2, 0.25) is 0 Å². The summed E-state index contributed by atoms with van der Waals surface area (Å²) in [6.07, 6.45) is 10.5. The van der Waals surface area contributed by atoms with Gasteiger partial charge in [-0.2, -0.15) is 0 Å². The highest BCUT2D eigenvalue weighted by atomic mass is 16.2. The predicted molar refractivity (Wildman–Crippen MR) is 60.4 cm³/mol. The van der Waals surface area contributed by atoms with Gasteiger partial charge in [-0.05, 0) is 25.7 Å². The maximum atomic E-state index is 11.8. The summed E-state index contributed by atoms with van der Waals surface area (Å²) in [5.74, 6) is 0.0908. The van der Waals surface area contributed by atoms with E-state index in [2.05, 4.69) is 5.32 Å². The summed E-state index contributed by atoms with van der Waals surface area (Å²) in [5, 5.41) is 3.13. The number of amides is 1. The van der Waals surface area contributed by atoms with Gasteiger partial charge in [0.25, 0.3) is 0 Å². The second-order valence-corrected chi connectivity index (χ2v) is 5.17. The van der Waals surface area contributed by atoms with Gasteiger partial charge in [-0.25, -0.2) is 0 Å². The fourth-order valence-corrected chi connectivity index (χ4v) is 2.29. The highest BCUT2D eigenvalue weighted by Gasteiger charge is 2.46. The van der Waals surface area contributed by atoms with Crippen LogP contribution in [0.25, 0.3) is 0 Å². The Morgan fingerprint density at radius 2 is 1.60 bits per heavy atom. The van der Waals surface area contributed by atoms with Crippen LogP contribution in [0.3, 0.4) is 0 Å². The molecular formula is C12H22N2O. The van der Waals surface area contributed by atoms with E-state index in [0.717, 1.165) is 25.7 Å². The Hall–Kier alpha value is -0.570. The van der Waals surface area contributed by atoms with E-state index in [9.17, 15) is 4.79 Å². The number of hydrogen-bond acceptors (Lipinski definition) is 2. The number of rotatable bonds is 2. The molecule has 0 aliphatic heterocycles. The van der Waals surface area contributed by atoms with Gasteiger partial charge in [0.05, 0.1) is 5.54 Å². The summed E-state index contributed by atoms with van der Waals surface area (Å²) < 4.78 is 0. The van der Waals surface area contributed by atoms with Gasteiger partial charge in [0.1, 0.15) is 0 Å². The van der Waals surface area contributed by atoms with Crippen LogP contribution in [-0.4, -0.2) is 17.5 Å². The van der Waals surface area contributed by atoms with Crippen LogP contribution in [-0.2, 0) is 4.79 Å². The molecule has 2 fully saturated rings. The lowest BCUT2D eigenvalue weighted by atomic mass is 9.96. The fourth-order valence-electron chi connectivity index (χ4n) is 2.29. The first kappa shape index (κ1) is 10.9. The van der Waals surface area contributed by atoms with Crippen LogP contribution in [0.5, 0.6) is 0 Å². The minimum atomic E-state index is -0.498. The Morgan fingerprint density at radius 1 is 1.07 bits per heavy atom. The Labute approximate surface area is 91.8 Å². The van der Waals surface area contributed by atoms with E-state index in [-0.39, 0.29) is 5.91 Å².